The molecule has 3 atom stereocenters. The highest BCUT2D eigenvalue weighted by atomic mass is 79.9. The van der Waals surface area contributed by atoms with Crippen LogP contribution < -0.4 is 5.32 Å². The predicted molar refractivity (Wildman–Crippen MR) is 104 cm³/mol. The highest BCUT2D eigenvalue weighted by molar-refractivity contribution is 9.10. The standard InChI is InChI=1S/C20H25BrN2O4/c1-20(2,3)27-19(26)23-15-9-6-13(10-15)17(23)18(25)22-11-16(24)12-4-7-14(21)8-5-12/h4-5,7-8,13,15,17H,6,9-11H2,1-3H3,(H,22,25)/t13-,15+,17-/m0/s1. The minimum Gasteiger partial charge on any atom is -0.444 e. The third-order valence-corrected chi connectivity index (χ3v) is 5.58. The Morgan fingerprint density at radius 3 is 2.48 bits per heavy atom. The number of fused-ring (bicyclic) bond motifs is 2. The van der Waals surface area contributed by atoms with Crippen LogP contribution >= 0.6 is 15.9 Å². The fourth-order valence-corrected chi connectivity index (χ4v) is 4.18. The molecule has 2 fully saturated rings. The van der Waals surface area contributed by atoms with E-state index in [9.17, 15) is 14.4 Å². The Kier molecular flexibility index (Phi) is 5.60. The maximum absolute atomic E-state index is 12.8. The maximum Gasteiger partial charge on any atom is 0.411 e. The first-order valence-corrected chi connectivity index (χ1v) is 10.0. The number of halogens is 1. The molecule has 1 aliphatic carbocycles. The zero-order valence-electron chi connectivity index (χ0n) is 15.8. The van der Waals surface area contributed by atoms with Gasteiger partial charge in [0.15, 0.2) is 5.78 Å². The number of ether oxygens (including phenoxy) is 1. The second-order valence-corrected chi connectivity index (χ2v) is 9.12. The lowest BCUT2D eigenvalue weighted by atomic mass is 9.98. The van der Waals surface area contributed by atoms with E-state index in [4.69, 9.17) is 4.74 Å². The van der Waals surface area contributed by atoms with Gasteiger partial charge in [-0.05, 0) is 58.1 Å². The van der Waals surface area contributed by atoms with Gasteiger partial charge in [-0.2, -0.15) is 0 Å². The van der Waals surface area contributed by atoms with E-state index in [2.05, 4.69) is 21.2 Å². The predicted octanol–water partition coefficient (Wildman–Crippen LogP) is 3.54. The van der Waals surface area contributed by atoms with Crippen molar-refractivity contribution in [3.8, 4) is 0 Å². The number of likely N-dealkylation sites (tertiary alicyclic amines) is 1. The molecule has 1 saturated carbocycles. The van der Waals surface area contributed by atoms with Gasteiger partial charge in [-0.15, -0.1) is 0 Å². The molecule has 146 valence electrons. The molecule has 6 nitrogen and oxygen atoms in total. The van der Waals surface area contributed by atoms with Crippen molar-refractivity contribution < 1.29 is 19.1 Å². The van der Waals surface area contributed by atoms with Gasteiger partial charge in [0.2, 0.25) is 5.91 Å². The summed E-state index contributed by atoms with van der Waals surface area (Å²) < 4.78 is 6.38. The van der Waals surface area contributed by atoms with Gasteiger partial charge < -0.3 is 10.1 Å². The molecule has 1 aromatic rings. The zero-order chi connectivity index (χ0) is 19.8. The lowest BCUT2D eigenvalue weighted by Crippen LogP contribution is -2.54. The smallest absolute Gasteiger partial charge is 0.411 e. The van der Waals surface area contributed by atoms with Crippen LogP contribution in [0.2, 0.25) is 0 Å². The number of nitrogens with one attached hydrogen (secondary N) is 1. The molecule has 0 spiro atoms. The summed E-state index contributed by atoms with van der Waals surface area (Å²) in [4.78, 5) is 39.3. The van der Waals surface area contributed by atoms with E-state index in [-0.39, 0.29) is 30.2 Å². The summed E-state index contributed by atoms with van der Waals surface area (Å²) in [6.45, 7) is 5.35. The SMILES string of the molecule is CC(C)(C)OC(=O)N1[C@@H]2CC[C@@H](C2)[C@H]1C(=O)NCC(=O)c1ccc(Br)cc1. The topological polar surface area (TPSA) is 75.7 Å². The Morgan fingerprint density at radius 1 is 1.19 bits per heavy atom. The molecule has 1 heterocycles. The Morgan fingerprint density at radius 2 is 1.85 bits per heavy atom. The molecular formula is C20H25BrN2O4. The van der Waals surface area contributed by atoms with Crippen molar-refractivity contribution in [3.63, 3.8) is 0 Å². The van der Waals surface area contributed by atoms with E-state index < -0.39 is 17.7 Å². The first-order valence-electron chi connectivity index (χ1n) is 9.23. The number of amides is 2. The third-order valence-electron chi connectivity index (χ3n) is 5.05. The Labute approximate surface area is 167 Å². The summed E-state index contributed by atoms with van der Waals surface area (Å²) in [5, 5.41) is 2.72. The molecule has 2 aliphatic rings. The van der Waals surface area contributed by atoms with Gasteiger partial charge in [0, 0.05) is 16.1 Å². The second kappa shape index (κ2) is 7.62. The lowest BCUT2D eigenvalue weighted by Gasteiger charge is -2.35. The highest BCUT2D eigenvalue weighted by Gasteiger charge is 2.52. The molecule has 2 bridgehead atoms. The average molecular weight is 437 g/mol. The fraction of sp³-hybridized carbons (Fsp3) is 0.550. The van der Waals surface area contributed by atoms with Crippen molar-refractivity contribution in [2.45, 2.75) is 57.7 Å². The first-order chi connectivity index (χ1) is 12.7. The van der Waals surface area contributed by atoms with Crippen molar-refractivity contribution >= 4 is 33.7 Å². The minimum atomic E-state index is -0.614. The van der Waals surface area contributed by atoms with Gasteiger partial charge in [0.1, 0.15) is 11.6 Å². The summed E-state index contributed by atoms with van der Waals surface area (Å²) in [5.74, 6) is -0.313. The summed E-state index contributed by atoms with van der Waals surface area (Å²) in [7, 11) is 0. The number of Topliss-reactive ketones (excluding diaryl/α,β-unsaturated/α-hetero) is 1. The molecule has 0 aromatic heterocycles. The number of ketones is 1. The van der Waals surface area contributed by atoms with Gasteiger partial charge in [-0.1, -0.05) is 28.1 Å². The van der Waals surface area contributed by atoms with E-state index in [1.165, 1.54) is 0 Å². The van der Waals surface area contributed by atoms with Gasteiger partial charge in [0.05, 0.1) is 6.54 Å². The van der Waals surface area contributed by atoms with Crippen LogP contribution in [0.5, 0.6) is 0 Å². The van der Waals surface area contributed by atoms with Crippen LogP contribution in [0.15, 0.2) is 28.7 Å². The van der Waals surface area contributed by atoms with Crippen LogP contribution in [0.3, 0.4) is 0 Å². The van der Waals surface area contributed by atoms with Crippen molar-refractivity contribution in [3.05, 3.63) is 34.3 Å². The van der Waals surface area contributed by atoms with Crippen LogP contribution in [-0.2, 0) is 9.53 Å². The number of hydrogen-bond donors (Lipinski definition) is 1. The van der Waals surface area contributed by atoms with E-state index in [1.807, 2.05) is 20.8 Å². The van der Waals surface area contributed by atoms with Crippen LogP contribution in [0.1, 0.15) is 50.4 Å². The van der Waals surface area contributed by atoms with Crippen LogP contribution in [0.4, 0.5) is 4.79 Å². The van der Waals surface area contributed by atoms with Crippen molar-refractivity contribution in [1.82, 2.24) is 10.2 Å². The first kappa shape index (κ1) is 19.9. The second-order valence-electron chi connectivity index (χ2n) is 8.21. The molecule has 3 rings (SSSR count). The van der Waals surface area contributed by atoms with Crippen LogP contribution in [-0.4, -0.2) is 46.9 Å². The van der Waals surface area contributed by atoms with Gasteiger partial charge >= 0.3 is 6.09 Å². The van der Waals surface area contributed by atoms with Crippen molar-refractivity contribution in [2.24, 2.45) is 5.92 Å². The molecule has 27 heavy (non-hydrogen) atoms. The highest BCUT2D eigenvalue weighted by Crippen LogP contribution is 2.43. The molecule has 0 radical (unpaired) electrons. The Hall–Kier alpha value is -1.89. The molecule has 2 amide bonds. The van der Waals surface area contributed by atoms with Crippen molar-refractivity contribution in [1.29, 1.82) is 0 Å². The van der Waals surface area contributed by atoms with Gasteiger partial charge in [-0.25, -0.2) is 4.79 Å². The zero-order valence-corrected chi connectivity index (χ0v) is 17.4. The van der Waals surface area contributed by atoms with E-state index >= 15 is 0 Å². The van der Waals surface area contributed by atoms with Gasteiger partial charge in [0.25, 0.3) is 0 Å². The van der Waals surface area contributed by atoms with Gasteiger partial charge in [-0.3, -0.25) is 14.5 Å². The average Bonchev–Trinajstić information content (AvgIpc) is 3.19. The molecule has 1 N–H and O–H groups in total. The normalized spacial score (nSPS) is 24.0. The summed E-state index contributed by atoms with van der Waals surface area (Å²) in [6, 6.07) is 6.48. The number of carbonyl (C=O) groups is 3. The lowest BCUT2D eigenvalue weighted by molar-refractivity contribution is -0.127. The van der Waals surface area contributed by atoms with Crippen molar-refractivity contribution in [2.75, 3.05) is 6.54 Å². The Bertz CT molecular complexity index is 741. The maximum atomic E-state index is 12.8. The number of benzene rings is 1. The molecule has 7 heteroatoms. The number of piperidine rings is 1. The minimum absolute atomic E-state index is 0.0442. The van der Waals surface area contributed by atoms with E-state index in [0.29, 0.717) is 5.56 Å². The molecule has 1 aliphatic heterocycles. The molecule has 1 saturated heterocycles. The van der Waals surface area contributed by atoms with Crippen LogP contribution in [0.25, 0.3) is 0 Å². The number of nitrogens with zero attached hydrogens (tertiary/aromatic N) is 1. The molecule has 0 unspecified atom stereocenters. The summed E-state index contributed by atoms with van der Waals surface area (Å²) in [5.41, 5.74) is -0.0762. The summed E-state index contributed by atoms with van der Waals surface area (Å²) >= 11 is 3.33. The molecule has 1 aromatic carbocycles. The third kappa shape index (κ3) is 4.51. The fourth-order valence-electron chi connectivity index (χ4n) is 3.91. The quantitative estimate of drug-likeness (QED) is 0.732. The number of rotatable bonds is 4. The number of carbonyl (C=O) groups excluding carboxylic acids is 3. The number of hydrogen-bond acceptors (Lipinski definition) is 4. The Balaban J connectivity index is 1.64. The van der Waals surface area contributed by atoms with Crippen LogP contribution in [0, 0.1) is 5.92 Å². The van der Waals surface area contributed by atoms with E-state index in [0.717, 1.165) is 23.7 Å². The monoisotopic (exact) mass is 436 g/mol. The largest absolute Gasteiger partial charge is 0.444 e. The molecular weight excluding hydrogens is 412 g/mol. The van der Waals surface area contributed by atoms with E-state index in [1.54, 1.807) is 29.2 Å². The summed E-state index contributed by atoms with van der Waals surface area (Å²) in [6.07, 6.45) is 2.18.